The summed E-state index contributed by atoms with van der Waals surface area (Å²) in [6, 6.07) is -0.761. The topological polar surface area (TPSA) is 107 Å². The van der Waals surface area contributed by atoms with Crippen LogP contribution in [0.4, 0.5) is 0 Å². The Morgan fingerprint density at radius 1 is 1.28 bits per heavy atom. The van der Waals surface area contributed by atoms with Gasteiger partial charge in [-0.05, 0) is 32.1 Å². The number of hydrogen-bond acceptors (Lipinski definition) is 5. The first-order valence-electron chi connectivity index (χ1n) is 11.7. The Hall–Kier alpha value is -1.45. The molecule has 3 unspecified atom stereocenters. The van der Waals surface area contributed by atoms with Crippen molar-refractivity contribution >= 4 is 33.7 Å². The summed E-state index contributed by atoms with van der Waals surface area (Å²) in [6.45, 7) is 4.53. The van der Waals surface area contributed by atoms with Crippen molar-refractivity contribution in [2.75, 3.05) is 19.7 Å². The first kappa shape index (κ1) is 23.7. The van der Waals surface area contributed by atoms with Crippen LogP contribution in [0, 0.1) is 11.8 Å². The third-order valence-electron chi connectivity index (χ3n) is 7.74. The van der Waals surface area contributed by atoms with Gasteiger partial charge in [0.25, 0.3) is 0 Å². The number of likely N-dealkylation sites (tertiary alicyclic amines) is 1. The number of aliphatic carboxylic acids is 1. The fraction of sp³-hybridized carbons (Fsp3) is 0.783. The van der Waals surface area contributed by atoms with Crippen LogP contribution in [0.25, 0.3) is 0 Å². The molecule has 3 heterocycles. The van der Waals surface area contributed by atoms with E-state index in [9.17, 15) is 24.6 Å². The molecule has 178 valence electrons. The van der Waals surface area contributed by atoms with Crippen molar-refractivity contribution in [1.82, 2.24) is 9.80 Å². The summed E-state index contributed by atoms with van der Waals surface area (Å²) in [5.74, 6) is -3.36. The molecule has 2 amide bonds. The van der Waals surface area contributed by atoms with E-state index in [1.54, 1.807) is 11.0 Å². The molecule has 4 rings (SSSR count). The standard InChI is InChI=1S/C23H33BrN2O6/c1-2-10-25(14-8-4-3-5-9-14)21(29)19-23-13-15(24)18(32-23)16(22(30)31)17(23)20(28)26(19)11-6-7-12-27/h2,14-19,27H,1,3-13H2,(H,30,31)/t15?,16-,17+,18-,19?,23?/m1/s1. The molecular weight excluding hydrogens is 480 g/mol. The molecule has 2 bridgehead atoms. The zero-order chi connectivity index (χ0) is 23.0. The summed E-state index contributed by atoms with van der Waals surface area (Å²) >= 11 is 3.57. The van der Waals surface area contributed by atoms with Crippen molar-refractivity contribution in [2.45, 2.75) is 80.0 Å². The third kappa shape index (κ3) is 3.70. The Kier molecular flexibility index (Phi) is 6.98. The van der Waals surface area contributed by atoms with Gasteiger partial charge in [0.1, 0.15) is 11.6 Å². The minimum atomic E-state index is -1.14. The van der Waals surface area contributed by atoms with Gasteiger partial charge in [0.2, 0.25) is 11.8 Å². The van der Waals surface area contributed by atoms with E-state index >= 15 is 0 Å². The maximum absolute atomic E-state index is 14.1. The van der Waals surface area contributed by atoms with Gasteiger partial charge in [-0.25, -0.2) is 0 Å². The van der Waals surface area contributed by atoms with Crippen LogP contribution in [0.15, 0.2) is 12.7 Å². The monoisotopic (exact) mass is 512 g/mol. The van der Waals surface area contributed by atoms with Gasteiger partial charge in [0.15, 0.2) is 0 Å². The highest BCUT2D eigenvalue weighted by molar-refractivity contribution is 9.09. The zero-order valence-electron chi connectivity index (χ0n) is 18.3. The predicted molar refractivity (Wildman–Crippen MR) is 120 cm³/mol. The van der Waals surface area contributed by atoms with Gasteiger partial charge in [-0.3, -0.25) is 14.4 Å². The van der Waals surface area contributed by atoms with E-state index in [4.69, 9.17) is 4.74 Å². The number of rotatable bonds is 9. The molecule has 1 aliphatic carbocycles. The number of alkyl halides is 1. The number of ether oxygens (including phenoxy) is 1. The summed E-state index contributed by atoms with van der Waals surface area (Å²) in [4.78, 5) is 43.0. The average Bonchev–Trinajstić information content (AvgIpc) is 3.36. The summed E-state index contributed by atoms with van der Waals surface area (Å²) in [5.41, 5.74) is -1.14. The van der Waals surface area contributed by atoms with Crippen LogP contribution in [-0.4, -0.2) is 86.1 Å². The van der Waals surface area contributed by atoms with E-state index in [-0.39, 0.29) is 29.3 Å². The molecule has 9 heteroatoms. The maximum Gasteiger partial charge on any atom is 0.310 e. The smallest absolute Gasteiger partial charge is 0.310 e. The van der Waals surface area contributed by atoms with Crippen LogP contribution in [0.5, 0.6) is 0 Å². The van der Waals surface area contributed by atoms with Gasteiger partial charge in [0, 0.05) is 30.6 Å². The van der Waals surface area contributed by atoms with Crippen LogP contribution in [0.2, 0.25) is 0 Å². The van der Waals surface area contributed by atoms with Gasteiger partial charge in [-0.15, -0.1) is 6.58 Å². The molecule has 32 heavy (non-hydrogen) atoms. The number of halogens is 1. The van der Waals surface area contributed by atoms with Gasteiger partial charge in [0.05, 0.1) is 17.9 Å². The third-order valence-corrected chi connectivity index (χ3v) is 8.58. The molecule has 3 aliphatic heterocycles. The molecule has 2 N–H and O–H groups in total. The average molecular weight is 513 g/mol. The Morgan fingerprint density at radius 2 is 2.00 bits per heavy atom. The molecule has 0 aromatic carbocycles. The molecule has 8 nitrogen and oxygen atoms in total. The van der Waals surface area contributed by atoms with Crippen LogP contribution >= 0.6 is 15.9 Å². The first-order chi connectivity index (χ1) is 15.4. The largest absolute Gasteiger partial charge is 0.481 e. The fourth-order valence-corrected chi connectivity index (χ4v) is 7.38. The number of carbonyl (C=O) groups excluding carboxylic acids is 2. The number of aliphatic hydroxyl groups excluding tert-OH is 1. The molecule has 4 fully saturated rings. The van der Waals surface area contributed by atoms with Crippen LogP contribution in [0.3, 0.4) is 0 Å². The van der Waals surface area contributed by atoms with Gasteiger partial charge in [-0.1, -0.05) is 41.3 Å². The fourth-order valence-electron chi connectivity index (χ4n) is 6.43. The number of carboxylic acids is 1. The first-order valence-corrected chi connectivity index (χ1v) is 12.7. The highest BCUT2D eigenvalue weighted by Gasteiger charge is 2.76. The number of carboxylic acid groups (broad SMARTS) is 1. The molecule has 4 aliphatic rings. The molecular formula is C23H33BrN2O6. The number of aliphatic hydroxyl groups is 1. The van der Waals surface area contributed by atoms with E-state index in [2.05, 4.69) is 22.5 Å². The van der Waals surface area contributed by atoms with E-state index in [1.807, 2.05) is 4.90 Å². The van der Waals surface area contributed by atoms with Crippen molar-refractivity contribution in [1.29, 1.82) is 0 Å². The van der Waals surface area contributed by atoms with Crippen LogP contribution < -0.4 is 0 Å². The highest BCUT2D eigenvalue weighted by atomic mass is 79.9. The summed E-state index contributed by atoms with van der Waals surface area (Å²) in [5, 5.41) is 19.1. The number of unbranched alkanes of at least 4 members (excludes halogenated alkanes) is 1. The van der Waals surface area contributed by atoms with Crippen molar-refractivity contribution in [3.05, 3.63) is 12.7 Å². The Bertz CT molecular complexity index is 772. The second-order valence-electron chi connectivity index (χ2n) is 9.54. The van der Waals surface area contributed by atoms with E-state index in [1.165, 1.54) is 0 Å². The van der Waals surface area contributed by atoms with Gasteiger partial charge in [-0.2, -0.15) is 0 Å². The van der Waals surface area contributed by atoms with E-state index in [0.717, 1.165) is 32.1 Å². The van der Waals surface area contributed by atoms with Gasteiger partial charge < -0.3 is 24.7 Å². The SMILES string of the molecule is C=CCN(C(=O)C1N(CCCCO)C(=O)[C@@H]2[C@@H](C(=O)O)[C@@H]3OC12CC3Br)C1CCCCC1. The van der Waals surface area contributed by atoms with Crippen molar-refractivity contribution < 1.29 is 29.3 Å². The van der Waals surface area contributed by atoms with Crippen molar-refractivity contribution in [3.63, 3.8) is 0 Å². The lowest BCUT2D eigenvalue weighted by Crippen LogP contribution is -2.58. The molecule has 0 aromatic rings. The highest BCUT2D eigenvalue weighted by Crippen LogP contribution is 2.60. The second kappa shape index (κ2) is 9.43. The second-order valence-corrected chi connectivity index (χ2v) is 10.7. The van der Waals surface area contributed by atoms with Crippen molar-refractivity contribution in [3.8, 4) is 0 Å². The van der Waals surface area contributed by atoms with E-state index in [0.29, 0.717) is 32.4 Å². The van der Waals surface area contributed by atoms with Crippen LogP contribution in [-0.2, 0) is 19.1 Å². The number of fused-ring (bicyclic) bond motifs is 1. The Balaban J connectivity index is 1.72. The van der Waals surface area contributed by atoms with E-state index < -0.39 is 35.6 Å². The minimum absolute atomic E-state index is 0.000320. The minimum Gasteiger partial charge on any atom is -0.481 e. The Labute approximate surface area is 197 Å². The lowest BCUT2D eigenvalue weighted by atomic mass is 9.70. The Morgan fingerprint density at radius 3 is 2.62 bits per heavy atom. The molecule has 0 aromatic heterocycles. The summed E-state index contributed by atoms with van der Waals surface area (Å²) in [7, 11) is 0. The molecule has 0 radical (unpaired) electrons. The lowest BCUT2D eigenvalue weighted by molar-refractivity contribution is -0.151. The summed E-state index contributed by atoms with van der Waals surface area (Å²) < 4.78 is 6.31. The zero-order valence-corrected chi connectivity index (χ0v) is 19.9. The maximum atomic E-state index is 14.1. The van der Waals surface area contributed by atoms with Crippen LogP contribution in [0.1, 0.15) is 51.4 Å². The molecule has 3 saturated heterocycles. The lowest BCUT2D eigenvalue weighted by Gasteiger charge is -2.41. The normalized spacial score (nSPS) is 36.4. The molecule has 1 saturated carbocycles. The molecule has 1 spiro atoms. The number of hydrogen-bond donors (Lipinski definition) is 2. The number of nitrogens with zero attached hydrogens (tertiary/aromatic N) is 2. The van der Waals surface area contributed by atoms with Crippen molar-refractivity contribution in [2.24, 2.45) is 11.8 Å². The predicted octanol–water partition coefficient (Wildman–Crippen LogP) is 1.94. The number of amides is 2. The quantitative estimate of drug-likeness (QED) is 0.277. The molecule has 6 atom stereocenters. The summed E-state index contributed by atoms with van der Waals surface area (Å²) in [6.07, 6.45) is 7.69. The van der Waals surface area contributed by atoms with Gasteiger partial charge >= 0.3 is 5.97 Å². The number of carbonyl (C=O) groups is 3.